The summed E-state index contributed by atoms with van der Waals surface area (Å²) in [6.45, 7) is 0.924. The normalized spacial score (nSPS) is 16.1. The molecule has 0 spiro atoms. The van der Waals surface area contributed by atoms with Gasteiger partial charge in [-0.3, -0.25) is 29.3 Å². The number of allylic oxidation sites excluding steroid dienone is 2. The van der Waals surface area contributed by atoms with Gasteiger partial charge in [0.1, 0.15) is 12.3 Å². The van der Waals surface area contributed by atoms with E-state index in [0.717, 1.165) is 11.8 Å². The molecule has 0 aromatic heterocycles. The number of carbonyl (C=O) groups is 5. The SMILES string of the molecule is CC1=C(SC[C@H](NC(=O)CC[C@H](N)C(=O)O)[C@H](O)NCC(=O)O)C(=O)c2ccccc2C1=O. The van der Waals surface area contributed by atoms with Crippen molar-refractivity contribution in [2.45, 2.75) is 38.1 Å². The summed E-state index contributed by atoms with van der Waals surface area (Å²) >= 11 is 0.951. The number of hydrogen-bond acceptors (Lipinski definition) is 9. The van der Waals surface area contributed by atoms with Crippen molar-refractivity contribution in [2.75, 3.05) is 12.3 Å². The molecule has 1 amide bonds. The van der Waals surface area contributed by atoms with Crippen LogP contribution in [0.3, 0.4) is 0 Å². The van der Waals surface area contributed by atoms with Crippen LogP contribution in [0.15, 0.2) is 34.7 Å². The molecule has 12 heteroatoms. The molecule has 1 aliphatic rings. The quantitative estimate of drug-likeness (QED) is 0.216. The van der Waals surface area contributed by atoms with Crippen LogP contribution in [0.1, 0.15) is 40.5 Å². The molecule has 178 valence electrons. The molecule has 0 aliphatic heterocycles. The van der Waals surface area contributed by atoms with Gasteiger partial charge >= 0.3 is 11.9 Å². The Labute approximate surface area is 193 Å². The minimum atomic E-state index is -1.49. The number of rotatable bonds is 12. The number of fused-ring (bicyclic) bond motifs is 1. The summed E-state index contributed by atoms with van der Waals surface area (Å²) in [5.74, 6) is -3.85. The number of benzene rings is 1. The minimum absolute atomic E-state index is 0.0711. The van der Waals surface area contributed by atoms with E-state index in [1.54, 1.807) is 18.2 Å². The first-order chi connectivity index (χ1) is 15.5. The van der Waals surface area contributed by atoms with Gasteiger partial charge in [-0.2, -0.15) is 0 Å². The Bertz CT molecular complexity index is 993. The van der Waals surface area contributed by atoms with Crippen LogP contribution in [0.25, 0.3) is 0 Å². The molecule has 0 bridgehead atoms. The molecular formula is C21H25N3O8S. The largest absolute Gasteiger partial charge is 0.480 e. The van der Waals surface area contributed by atoms with Crippen LogP contribution in [0.4, 0.5) is 0 Å². The van der Waals surface area contributed by atoms with Crippen LogP contribution in [-0.2, 0) is 14.4 Å². The third-order valence-corrected chi connectivity index (χ3v) is 6.21. The highest BCUT2D eigenvalue weighted by atomic mass is 32.2. The standard InChI is InChI=1S/C21H25N3O8S/c1-10-17(28)11-4-2-3-5-12(11)18(29)19(10)33-9-14(20(30)23-8-16(26)27)24-15(25)7-6-13(22)21(31)32/h2-5,13-14,20,23,30H,6-9,22H2,1H3,(H,24,25)(H,26,27)(H,31,32)/t13-,14-,20-/m0/s1. The number of amides is 1. The second-order valence-electron chi connectivity index (χ2n) is 7.35. The van der Waals surface area contributed by atoms with Crippen molar-refractivity contribution in [3.05, 3.63) is 45.9 Å². The van der Waals surface area contributed by atoms with Crippen LogP contribution in [0.5, 0.6) is 0 Å². The molecule has 0 saturated carbocycles. The molecule has 0 saturated heterocycles. The minimum Gasteiger partial charge on any atom is -0.480 e. The lowest BCUT2D eigenvalue weighted by molar-refractivity contribution is -0.139. The molecule has 33 heavy (non-hydrogen) atoms. The number of carboxylic acids is 2. The van der Waals surface area contributed by atoms with Crippen LogP contribution in [-0.4, -0.2) is 75.3 Å². The van der Waals surface area contributed by atoms with Gasteiger partial charge in [0.15, 0.2) is 11.6 Å². The number of Topliss-reactive ketones (excluding diaryl/α,β-unsaturated/α-hetero) is 2. The third kappa shape index (κ3) is 6.96. The van der Waals surface area contributed by atoms with Crippen LogP contribution in [0, 0.1) is 0 Å². The lowest BCUT2D eigenvalue weighted by Gasteiger charge is -2.26. The molecule has 2 rings (SSSR count). The number of aliphatic hydroxyl groups excluding tert-OH is 1. The zero-order valence-electron chi connectivity index (χ0n) is 17.7. The molecule has 3 atom stereocenters. The third-order valence-electron chi connectivity index (χ3n) is 4.90. The number of nitrogens with one attached hydrogen (secondary N) is 2. The Morgan fingerprint density at radius 3 is 2.27 bits per heavy atom. The molecule has 0 heterocycles. The molecule has 1 aliphatic carbocycles. The zero-order valence-corrected chi connectivity index (χ0v) is 18.6. The zero-order chi connectivity index (χ0) is 24.7. The van der Waals surface area contributed by atoms with Gasteiger partial charge < -0.3 is 26.4 Å². The number of carboxylic acid groups (broad SMARTS) is 2. The van der Waals surface area contributed by atoms with Gasteiger partial charge in [0.25, 0.3) is 0 Å². The average Bonchev–Trinajstić information content (AvgIpc) is 2.78. The Kier molecular flexibility index (Phi) is 9.29. The number of aliphatic hydroxyl groups is 1. The average molecular weight is 480 g/mol. The molecule has 0 unspecified atom stereocenters. The lowest BCUT2D eigenvalue weighted by atomic mass is 9.90. The molecule has 1 aromatic rings. The maximum atomic E-state index is 12.9. The monoisotopic (exact) mass is 479 g/mol. The van der Waals surface area contributed by atoms with Crippen molar-refractivity contribution in [3.8, 4) is 0 Å². The molecule has 7 N–H and O–H groups in total. The van der Waals surface area contributed by atoms with Gasteiger partial charge in [-0.05, 0) is 13.3 Å². The smallest absolute Gasteiger partial charge is 0.320 e. The Morgan fingerprint density at radius 2 is 1.70 bits per heavy atom. The fourth-order valence-corrected chi connectivity index (χ4v) is 4.22. The Morgan fingerprint density at radius 1 is 1.09 bits per heavy atom. The summed E-state index contributed by atoms with van der Waals surface area (Å²) in [6.07, 6.45) is -1.88. The number of carbonyl (C=O) groups excluding carboxylic acids is 3. The summed E-state index contributed by atoms with van der Waals surface area (Å²) < 4.78 is 0. The van der Waals surface area contributed by atoms with Crippen molar-refractivity contribution in [1.82, 2.24) is 10.6 Å². The molecule has 0 radical (unpaired) electrons. The first-order valence-corrected chi connectivity index (χ1v) is 10.9. The summed E-state index contributed by atoms with van der Waals surface area (Å²) in [7, 11) is 0. The second-order valence-corrected chi connectivity index (χ2v) is 8.38. The Balaban J connectivity index is 2.13. The predicted molar refractivity (Wildman–Crippen MR) is 119 cm³/mol. The van der Waals surface area contributed by atoms with E-state index in [-0.39, 0.29) is 46.2 Å². The van der Waals surface area contributed by atoms with Crippen molar-refractivity contribution in [3.63, 3.8) is 0 Å². The molecule has 1 aromatic carbocycles. The fourth-order valence-electron chi connectivity index (χ4n) is 3.06. The second kappa shape index (κ2) is 11.7. The van der Waals surface area contributed by atoms with Gasteiger partial charge in [-0.25, -0.2) is 0 Å². The number of nitrogens with two attached hydrogens (primary N) is 1. The highest BCUT2D eigenvalue weighted by molar-refractivity contribution is 8.04. The summed E-state index contributed by atoms with van der Waals surface area (Å²) in [5.41, 5.74) is 6.17. The first kappa shape index (κ1) is 26.2. The van der Waals surface area contributed by atoms with Gasteiger partial charge in [0, 0.05) is 28.9 Å². The topological polar surface area (TPSA) is 196 Å². The molecule has 11 nitrogen and oxygen atoms in total. The summed E-state index contributed by atoms with van der Waals surface area (Å²) in [6, 6.07) is 4.10. The summed E-state index contributed by atoms with van der Waals surface area (Å²) in [5, 5.41) is 32.9. The fraction of sp³-hybridized carbons (Fsp3) is 0.381. The highest BCUT2D eigenvalue weighted by Gasteiger charge is 2.31. The Hall–Kier alpha value is -3.06. The van der Waals surface area contributed by atoms with Crippen molar-refractivity contribution in [2.24, 2.45) is 5.73 Å². The molecular weight excluding hydrogens is 454 g/mol. The van der Waals surface area contributed by atoms with E-state index in [2.05, 4.69) is 10.6 Å². The van der Waals surface area contributed by atoms with E-state index in [1.807, 2.05) is 0 Å². The van der Waals surface area contributed by atoms with E-state index >= 15 is 0 Å². The van der Waals surface area contributed by atoms with E-state index in [0.29, 0.717) is 5.56 Å². The summed E-state index contributed by atoms with van der Waals surface area (Å²) in [4.78, 5) is 59.6. The number of hydrogen-bond donors (Lipinski definition) is 6. The van der Waals surface area contributed by atoms with Gasteiger partial charge in [-0.15, -0.1) is 11.8 Å². The van der Waals surface area contributed by atoms with Gasteiger partial charge in [0.2, 0.25) is 5.91 Å². The van der Waals surface area contributed by atoms with E-state index in [4.69, 9.17) is 15.9 Å². The molecule has 0 fully saturated rings. The van der Waals surface area contributed by atoms with Crippen molar-refractivity contribution >= 4 is 41.2 Å². The maximum absolute atomic E-state index is 12.9. The van der Waals surface area contributed by atoms with Gasteiger partial charge in [0.05, 0.1) is 17.5 Å². The first-order valence-electron chi connectivity index (χ1n) is 9.96. The van der Waals surface area contributed by atoms with Crippen LogP contribution >= 0.6 is 11.8 Å². The lowest BCUT2D eigenvalue weighted by Crippen LogP contribution is -2.52. The van der Waals surface area contributed by atoms with E-state index in [9.17, 15) is 29.1 Å². The van der Waals surface area contributed by atoms with Crippen LogP contribution in [0.2, 0.25) is 0 Å². The van der Waals surface area contributed by atoms with E-state index in [1.165, 1.54) is 13.0 Å². The van der Waals surface area contributed by atoms with Crippen LogP contribution < -0.4 is 16.4 Å². The van der Waals surface area contributed by atoms with Crippen molar-refractivity contribution < 1.29 is 39.3 Å². The maximum Gasteiger partial charge on any atom is 0.320 e. The van der Waals surface area contributed by atoms with Crippen molar-refractivity contribution in [1.29, 1.82) is 0 Å². The number of aliphatic carboxylic acids is 2. The number of ketones is 2. The highest BCUT2D eigenvalue weighted by Crippen LogP contribution is 2.33. The number of thioether (sulfide) groups is 1. The van der Waals surface area contributed by atoms with E-state index < -0.39 is 42.7 Å². The predicted octanol–water partition coefficient (Wildman–Crippen LogP) is -0.258. The van der Waals surface area contributed by atoms with Gasteiger partial charge in [-0.1, -0.05) is 24.3 Å².